The van der Waals surface area contributed by atoms with E-state index in [-0.39, 0.29) is 30.6 Å². The molecular weight excluding hydrogens is 444 g/mol. The van der Waals surface area contributed by atoms with Crippen molar-refractivity contribution in [1.29, 1.82) is 0 Å². The second kappa shape index (κ2) is 10.8. The van der Waals surface area contributed by atoms with Crippen molar-refractivity contribution in [2.24, 2.45) is 0 Å². The summed E-state index contributed by atoms with van der Waals surface area (Å²) >= 11 is 6.10. The number of hydrogen-bond donors (Lipinski definition) is 1. The summed E-state index contributed by atoms with van der Waals surface area (Å²) in [5.41, 5.74) is 2.13. The molecular formula is C25H30ClN2O5+. The summed E-state index contributed by atoms with van der Waals surface area (Å²) in [6.45, 7) is 5.31. The minimum absolute atomic E-state index is 0.116. The minimum Gasteiger partial charge on any atom is -0.465 e. The van der Waals surface area contributed by atoms with Gasteiger partial charge in [0.15, 0.2) is 12.6 Å². The van der Waals surface area contributed by atoms with Gasteiger partial charge in [0.25, 0.3) is 5.91 Å². The highest BCUT2D eigenvalue weighted by molar-refractivity contribution is 6.31. The van der Waals surface area contributed by atoms with Crippen LogP contribution in [-0.2, 0) is 25.7 Å². The van der Waals surface area contributed by atoms with E-state index in [1.807, 2.05) is 37.3 Å². The maximum absolute atomic E-state index is 13.3. The van der Waals surface area contributed by atoms with E-state index in [0.29, 0.717) is 33.8 Å². The molecule has 1 N–H and O–H groups in total. The molecule has 1 saturated heterocycles. The Bertz CT molecular complexity index is 1020. The van der Waals surface area contributed by atoms with Gasteiger partial charge in [-0.15, -0.1) is 0 Å². The fourth-order valence-corrected chi connectivity index (χ4v) is 4.62. The third-order valence-corrected chi connectivity index (χ3v) is 6.52. The third-order valence-electron chi connectivity index (χ3n) is 6.30. The van der Waals surface area contributed by atoms with E-state index in [2.05, 4.69) is 5.32 Å². The van der Waals surface area contributed by atoms with Crippen molar-refractivity contribution in [1.82, 2.24) is 0 Å². The number of esters is 2. The summed E-state index contributed by atoms with van der Waals surface area (Å²) in [6.07, 6.45) is 1.86. The van der Waals surface area contributed by atoms with Crippen LogP contribution in [0.1, 0.15) is 41.3 Å². The maximum Gasteiger partial charge on any atom is 0.362 e. The largest absolute Gasteiger partial charge is 0.465 e. The number of benzene rings is 2. The molecule has 0 saturated carbocycles. The zero-order valence-corrected chi connectivity index (χ0v) is 20.0. The molecule has 0 aliphatic carbocycles. The van der Waals surface area contributed by atoms with Gasteiger partial charge in [-0.3, -0.25) is 4.79 Å². The molecule has 176 valence electrons. The molecule has 2 aromatic rings. The second-order valence-corrected chi connectivity index (χ2v) is 8.92. The van der Waals surface area contributed by atoms with Crippen molar-refractivity contribution in [2.45, 2.75) is 39.3 Å². The molecule has 0 bridgehead atoms. The average Bonchev–Trinajstić information content (AvgIpc) is 3.28. The van der Waals surface area contributed by atoms with Crippen LogP contribution < -0.4 is 5.32 Å². The highest BCUT2D eigenvalue weighted by Gasteiger charge is 2.43. The van der Waals surface area contributed by atoms with Crippen molar-refractivity contribution < 1.29 is 28.3 Å². The first-order chi connectivity index (χ1) is 15.8. The van der Waals surface area contributed by atoms with Gasteiger partial charge in [-0.2, -0.15) is 0 Å². The number of aryl methyl sites for hydroxylation is 1. The van der Waals surface area contributed by atoms with Gasteiger partial charge in [0, 0.05) is 17.9 Å². The monoisotopic (exact) mass is 473 g/mol. The Morgan fingerprint density at radius 3 is 2.42 bits per heavy atom. The number of nitrogens with one attached hydrogen (secondary N) is 1. The van der Waals surface area contributed by atoms with Gasteiger partial charge in [0.2, 0.25) is 0 Å². The standard InChI is InChI=1S/C25H29ClN2O5/c1-17-13-20(26)14-21(25(31)32-3)23(17)27-24(30)18(2)28(11-7-8-12-28)15-22(29)33-16-19-9-5-4-6-10-19/h4-6,9-10,13-14,18H,7-8,11-12,15-16H2,1-3H3/p+1. The van der Waals surface area contributed by atoms with Crippen molar-refractivity contribution in [3.63, 3.8) is 0 Å². The summed E-state index contributed by atoms with van der Waals surface area (Å²) in [5.74, 6) is -1.19. The van der Waals surface area contributed by atoms with E-state index < -0.39 is 12.0 Å². The molecule has 1 aliphatic heterocycles. The maximum atomic E-state index is 13.3. The number of carbonyl (C=O) groups is 3. The van der Waals surface area contributed by atoms with E-state index in [1.54, 1.807) is 13.0 Å². The molecule has 3 rings (SSSR count). The fraction of sp³-hybridized carbons (Fsp3) is 0.400. The van der Waals surface area contributed by atoms with Crippen LogP contribution in [0.25, 0.3) is 0 Å². The van der Waals surface area contributed by atoms with Crippen molar-refractivity contribution in [2.75, 3.05) is 32.1 Å². The lowest BCUT2D eigenvalue weighted by molar-refractivity contribution is -0.922. The summed E-state index contributed by atoms with van der Waals surface area (Å²) in [4.78, 5) is 38.2. The normalized spacial score (nSPS) is 15.5. The van der Waals surface area contributed by atoms with Crippen LogP contribution in [-0.4, -0.2) is 55.1 Å². The number of amides is 1. The Labute approximate surface area is 199 Å². The molecule has 1 fully saturated rings. The predicted molar refractivity (Wildman–Crippen MR) is 126 cm³/mol. The number of hydrogen-bond acceptors (Lipinski definition) is 5. The summed E-state index contributed by atoms with van der Waals surface area (Å²) in [7, 11) is 1.28. The number of likely N-dealkylation sites (tertiary alicyclic amines) is 1. The van der Waals surface area contributed by atoms with Crippen LogP contribution in [0.4, 0.5) is 5.69 Å². The fourth-order valence-electron chi connectivity index (χ4n) is 4.34. The van der Waals surface area contributed by atoms with Gasteiger partial charge in [-0.1, -0.05) is 41.9 Å². The molecule has 0 aromatic heterocycles. The minimum atomic E-state index is -0.585. The number of ether oxygens (including phenoxy) is 2. The highest BCUT2D eigenvalue weighted by Crippen LogP contribution is 2.29. The smallest absolute Gasteiger partial charge is 0.362 e. The number of methoxy groups -OCH3 is 1. The van der Waals surface area contributed by atoms with E-state index in [1.165, 1.54) is 13.2 Å². The SMILES string of the molecule is COC(=O)c1cc(Cl)cc(C)c1NC(=O)C(C)[N+]1(CC(=O)OCc2ccccc2)CCCC1. The Hall–Kier alpha value is -2.90. The van der Waals surface area contributed by atoms with E-state index in [9.17, 15) is 14.4 Å². The molecule has 2 aromatic carbocycles. The lowest BCUT2D eigenvalue weighted by Gasteiger charge is -2.38. The number of quaternary nitrogens is 1. The first kappa shape index (κ1) is 24.7. The van der Waals surface area contributed by atoms with Crippen LogP contribution in [0.5, 0.6) is 0 Å². The first-order valence-electron chi connectivity index (χ1n) is 11.0. The topological polar surface area (TPSA) is 81.7 Å². The van der Waals surface area contributed by atoms with Gasteiger partial charge >= 0.3 is 11.9 Å². The summed E-state index contributed by atoms with van der Waals surface area (Å²) in [5, 5.41) is 3.27. The van der Waals surface area contributed by atoms with E-state index in [0.717, 1.165) is 18.4 Å². The molecule has 0 radical (unpaired) electrons. The zero-order chi connectivity index (χ0) is 24.0. The summed E-state index contributed by atoms with van der Waals surface area (Å²) < 4.78 is 10.7. The number of carbonyl (C=O) groups excluding carboxylic acids is 3. The summed E-state index contributed by atoms with van der Waals surface area (Å²) in [6, 6.07) is 12.1. The van der Waals surface area contributed by atoms with Gasteiger partial charge in [0.05, 0.1) is 31.5 Å². The van der Waals surface area contributed by atoms with Gasteiger partial charge in [-0.25, -0.2) is 9.59 Å². The van der Waals surface area contributed by atoms with Crippen LogP contribution in [0.15, 0.2) is 42.5 Å². The molecule has 7 nitrogen and oxygen atoms in total. The molecule has 0 spiro atoms. The number of nitrogens with zero attached hydrogens (tertiary/aromatic N) is 1. The molecule has 1 amide bonds. The van der Waals surface area contributed by atoms with Crippen LogP contribution in [0.3, 0.4) is 0 Å². The quantitative estimate of drug-likeness (QED) is 0.460. The van der Waals surface area contributed by atoms with Crippen molar-refractivity contribution in [3.8, 4) is 0 Å². The molecule has 1 heterocycles. The van der Waals surface area contributed by atoms with Gasteiger partial charge < -0.3 is 19.3 Å². The van der Waals surface area contributed by atoms with Crippen LogP contribution >= 0.6 is 11.6 Å². The molecule has 33 heavy (non-hydrogen) atoms. The van der Waals surface area contributed by atoms with Gasteiger partial charge in [-0.05, 0) is 37.1 Å². The van der Waals surface area contributed by atoms with Crippen molar-refractivity contribution in [3.05, 3.63) is 64.2 Å². The van der Waals surface area contributed by atoms with E-state index >= 15 is 0 Å². The molecule has 8 heteroatoms. The van der Waals surface area contributed by atoms with Crippen LogP contribution in [0, 0.1) is 6.92 Å². The molecule has 1 aliphatic rings. The lowest BCUT2D eigenvalue weighted by Crippen LogP contribution is -2.59. The van der Waals surface area contributed by atoms with E-state index in [4.69, 9.17) is 21.1 Å². The first-order valence-corrected chi connectivity index (χ1v) is 11.4. The number of anilines is 1. The number of halogens is 1. The molecule has 1 atom stereocenters. The Kier molecular flexibility index (Phi) is 8.10. The Morgan fingerprint density at radius 2 is 1.79 bits per heavy atom. The third kappa shape index (κ3) is 5.92. The Balaban J connectivity index is 1.74. The number of rotatable bonds is 8. The van der Waals surface area contributed by atoms with Crippen LogP contribution in [0.2, 0.25) is 5.02 Å². The van der Waals surface area contributed by atoms with Gasteiger partial charge in [0.1, 0.15) is 6.61 Å². The van der Waals surface area contributed by atoms with Crippen molar-refractivity contribution >= 4 is 35.1 Å². The predicted octanol–water partition coefficient (Wildman–Crippen LogP) is 4.12. The molecule has 1 unspecified atom stereocenters. The lowest BCUT2D eigenvalue weighted by atomic mass is 10.1. The average molecular weight is 474 g/mol. The highest BCUT2D eigenvalue weighted by atomic mass is 35.5. The Morgan fingerprint density at radius 1 is 1.12 bits per heavy atom. The zero-order valence-electron chi connectivity index (χ0n) is 19.2. The second-order valence-electron chi connectivity index (χ2n) is 8.48.